The maximum absolute atomic E-state index is 11.3. The first kappa shape index (κ1) is 15.2. The van der Waals surface area contributed by atoms with Gasteiger partial charge in [0.15, 0.2) is 0 Å². The van der Waals surface area contributed by atoms with E-state index in [1.807, 2.05) is 0 Å². The van der Waals surface area contributed by atoms with Crippen LogP contribution in [-0.2, 0) is 14.3 Å². The molecule has 2 N–H and O–H groups in total. The van der Waals surface area contributed by atoms with E-state index in [9.17, 15) is 9.59 Å². The second kappa shape index (κ2) is 8.35. The van der Waals surface area contributed by atoms with E-state index in [-0.39, 0.29) is 36.9 Å². The first-order valence-electron chi connectivity index (χ1n) is 5.38. The zero-order valence-electron chi connectivity index (χ0n) is 9.45. The van der Waals surface area contributed by atoms with Crippen LogP contribution in [0.4, 0.5) is 0 Å². The lowest BCUT2D eigenvalue weighted by Crippen LogP contribution is -2.35. The van der Waals surface area contributed by atoms with Crippen LogP contribution in [0.1, 0.15) is 26.2 Å². The van der Waals surface area contributed by atoms with Crippen LogP contribution in [0.15, 0.2) is 0 Å². The quantitative estimate of drug-likeness (QED) is 0.686. The smallest absolute Gasteiger partial charge is 0.325 e. The van der Waals surface area contributed by atoms with Gasteiger partial charge in [0.25, 0.3) is 0 Å². The first-order valence-corrected chi connectivity index (χ1v) is 5.38. The molecule has 1 rings (SSSR count). The van der Waals surface area contributed by atoms with Crippen LogP contribution >= 0.6 is 12.4 Å². The van der Waals surface area contributed by atoms with Gasteiger partial charge >= 0.3 is 5.97 Å². The summed E-state index contributed by atoms with van der Waals surface area (Å²) < 4.78 is 4.69. The summed E-state index contributed by atoms with van der Waals surface area (Å²) in [6, 6.07) is 0.271. The van der Waals surface area contributed by atoms with Gasteiger partial charge in [-0.25, -0.2) is 0 Å². The minimum atomic E-state index is -0.384. The topological polar surface area (TPSA) is 67.4 Å². The Morgan fingerprint density at radius 1 is 1.50 bits per heavy atom. The maximum Gasteiger partial charge on any atom is 0.325 e. The van der Waals surface area contributed by atoms with Crippen LogP contribution in [0.2, 0.25) is 0 Å². The molecule has 1 atom stereocenters. The monoisotopic (exact) mass is 250 g/mol. The Hall–Kier alpha value is -0.810. The molecule has 1 fully saturated rings. The zero-order valence-corrected chi connectivity index (χ0v) is 10.3. The third-order valence-electron chi connectivity index (χ3n) is 2.33. The van der Waals surface area contributed by atoms with Crippen molar-refractivity contribution >= 4 is 24.3 Å². The van der Waals surface area contributed by atoms with Crippen molar-refractivity contribution in [3.8, 4) is 0 Å². The molecule has 5 nitrogen and oxygen atoms in total. The van der Waals surface area contributed by atoms with Crippen LogP contribution in [0.5, 0.6) is 0 Å². The van der Waals surface area contributed by atoms with Crippen molar-refractivity contribution in [2.24, 2.45) is 0 Å². The van der Waals surface area contributed by atoms with E-state index in [2.05, 4.69) is 10.6 Å². The van der Waals surface area contributed by atoms with E-state index in [4.69, 9.17) is 4.74 Å². The molecule has 0 radical (unpaired) electrons. The number of hydrogen-bond donors (Lipinski definition) is 2. The fraction of sp³-hybridized carbons (Fsp3) is 0.800. The van der Waals surface area contributed by atoms with Gasteiger partial charge in [-0.3, -0.25) is 9.59 Å². The number of rotatable bonds is 5. The highest BCUT2D eigenvalue weighted by Crippen LogP contribution is 2.07. The fourth-order valence-electron chi connectivity index (χ4n) is 1.61. The van der Waals surface area contributed by atoms with Gasteiger partial charge in [-0.15, -0.1) is 12.4 Å². The van der Waals surface area contributed by atoms with Crippen molar-refractivity contribution in [3.05, 3.63) is 0 Å². The normalized spacial score (nSPS) is 18.7. The molecule has 6 heteroatoms. The molecule has 1 saturated heterocycles. The van der Waals surface area contributed by atoms with E-state index < -0.39 is 0 Å². The lowest BCUT2D eigenvalue weighted by atomic mass is 10.1. The number of carbonyl (C=O) groups is 2. The van der Waals surface area contributed by atoms with E-state index in [0.717, 1.165) is 19.4 Å². The third-order valence-corrected chi connectivity index (χ3v) is 2.33. The molecule has 1 aliphatic rings. The van der Waals surface area contributed by atoms with Gasteiger partial charge in [0.1, 0.15) is 6.54 Å². The van der Waals surface area contributed by atoms with Crippen molar-refractivity contribution in [2.75, 3.05) is 19.7 Å². The van der Waals surface area contributed by atoms with Crippen molar-refractivity contribution in [3.63, 3.8) is 0 Å². The summed E-state index contributed by atoms with van der Waals surface area (Å²) in [6.45, 7) is 3.04. The molecule has 94 valence electrons. The highest BCUT2D eigenvalue weighted by Gasteiger charge is 2.17. The largest absolute Gasteiger partial charge is 0.465 e. The average Bonchev–Trinajstić information content (AvgIpc) is 2.68. The molecule has 0 bridgehead atoms. The Morgan fingerprint density at radius 2 is 2.25 bits per heavy atom. The molecular formula is C10H19ClN2O3. The van der Waals surface area contributed by atoms with E-state index in [0.29, 0.717) is 13.0 Å². The average molecular weight is 251 g/mol. The number of amides is 1. The first-order chi connectivity index (χ1) is 7.22. The summed E-state index contributed by atoms with van der Waals surface area (Å²) >= 11 is 0. The summed E-state index contributed by atoms with van der Waals surface area (Å²) in [5, 5.41) is 5.76. The second-order valence-corrected chi connectivity index (χ2v) is 3.58. The lowest BCUT2D eigenvalue weighted by Gasteiger charge is -2.09. The summed E-state index contributed by atoms with van der Waals surface area (Å²) in [6.07, 6.45) is 2.60. The Labute approximate surface area is 102 Å². The SMILES string of the molecule is CCOC(=O)CNC(=O)CC1CCCN1.Cl. The number of halogens is 1. The number of esters is 1. The number of ether oxygens (including phenoxy) is 1. The van der Waals surface area contributed by atoms with Crippen LogP contribution < -0.4 is 10.6 Å². The van der Waals surface area contributed by atoms with Gasteiger partial charge in [0.2, 0.25) is 5.91 Å². The molecule has 1 amide bonds. The Balaban J connectivity index is 0.00000225. The minimum absolute atomic E-state index is 0. The molecule has 0 saturated carbocycles. The summed E-state index contributed by atoms with van der Waals surface area (Å²) in [5.74, 6) is -0.479. The molecule has 1 heterocycles. The van der Waals surface area contributed by atoms with Gasteiger partial charge in [0, 0.05) is 12.5 Å². The molecule has 16 heavy (non-hydrogen) atoms. The highest BCUT2D eigenvalue weighted by molar-refractivity contribution is 5.85. The van der Waals surface area contributed by atoms with Crippen molar-refractivity contribution in [2.45, 2.75) is 32.2 Å². The van der Waals surface area contributed by atoms with Crippen molar-refractivity contribution in [1.29, 1.82) is 0 Å². The van der Waals surface area contributed by atoms with Gasteiger partial charge < -0.3 is 15.4 Å². The maximum atomic E-state index is 11.3. The van der Waals surface area contributed by atoms with E-state index >= 15 is 0 Å². The fourth-order valence-corrected chi connectivity index (χ4v) is 1.61. The minimum Gasteiger partial charge on any atom is -0.465 e. The van der Waals surface area contributed by atoms with Crippen LogP contribution in [-0.4, -0.2) is 37.6 Å². The molecule has 0 aromatic rings. The predicted molar refractivity (Wildman–Crippen MR) is 62.5 cm³/mol. The summed E-state index contributed by atoms with van der Waals surface area (Å²) in [4.78, 5) is 22.3. The van der Waals surface area contributed by atoms with Crippen molar-refractivity contribution in [1.82, 2.24) is 10.6 Å². The molecular weight excluding hydrogens is 232 g/mol. The van der Waals surface area contributed by atoms with Crippen LogP contribution in [0.25, 0.3) is 0 Å². The summed E-state index contributed by atoms with van der Waals surface area (Å²) in [7, 11) is 0. The zero-order chi connectivity index (χ0) is 11.1. The number of nitrogens with one attached hydrogen (secondary N) is 2. The Bertz CT molecular complexity index is 230. The number of hydrogen-bond acceptors (Lipinski definition) is 4. The lowest BCUT2D eigenvalue weighted by molar-refractivity contribution is -0.143. The van der Waals surface area contributed by atoms with Crippen LogP contribution in [0, 0.1) is 0 Å². The molecule has 0 aromatic carbocycles. The number of carbonyl (C=O) groups excluding carboxylic acids is 2. The molecule has 0 spiro atoms. The third kappa shape index (κ3) is 5.92. The summed E-state index contributed by atoms with van der Waals surface area (Å²) in [5.41, 5.74) is 0. The predicted octanol–water partition coefficient (Wildman–Crippen LogP) is 0.230. The molecule has 0 aromatic heterocycles. The molecule has 1 aliphatic heterocycles. The van der Waals surface area contributed by atoms with Crippen LogP contribution in [0.3, 0.4) is 0 Å². The van der Waals surface area contributed by atoms with Gasteiger partial charge in [-0.2, -0.15) is 0 Å². The van der Waals surface area contributed by atoms with Gasteiger partial charge in [-0.05, 0) is 26.3 Å². The highest BCUT2D eigenvalue weighted by atomic mass is 35.5. The molecule has 0 aliphatic carbocycles. The van der Waals surface area contributed by atoms with Crippen molar-refractivity contribution < 1.29 is 14.3 Å². The van der Waals surface area contributed by atoms with Gasteiger partial charge in [0.05, 0.1) is 6.61 Å². The van der Waals surface area contributed by atoms with Gasteiger partial charge in [-0.1, -0.05) is 0 Å². The second-order valence-electron chi connectivity index (χ2n) is 3.58. The molecule has 1 unspecified atom stereocenters. The Morgan fingerprint density at radius 3 is 2.81 bits per heavy atom. The Kier molecular flexibility index (Phi) is 7.93. The standard InChI is InChI=1S/C10H18N2O3.ClH/c1-2-15-10(14)7-12-9(13)6-8-4-3-5-11-8;/h8,11H,2-7H2,1H3,(H,12,13);1H. The van der Waals surface area contributed by atoms with E-state index in [1.54, 1.807) is 6.92 Å². The van der Waals surface area contributed by atoms with E-state index in [1.165, 1.54) is 0 Å².